The molecule has 0 atom stereocenters. The molecule has 216 valence electrons. The highest BCUT2D eigenvalue weighted by Gasteiger charge is 2.36. The zero-order valence-corrected chi connectivity index (χ0v) is 22.4. The van der Waals surface area contributed by atoms with Crippen molar-refractivity contribution in [1.82, 2.24) is 34.6 Å². The Hall–Kier alpha value is -5.01. The molecule has 10 nitrogen and oxygen atoms in total. The van der Waals surface area contributed by atoms with E-state index in [-0.39, 0.29) is 39.9 Å². The summed E-state index contributed by atoms with van der Waals surface area (Å²) in [5.74, 6) is -2.75. The third kappa shape index (κ3) is 4.67. The molecule has 1 aliphatic rings. The number of nitrogen functional groups attached to an aromatic ring is 1. The van der Waals surface area contributed by atoms with Crippen LogP contribution in [0.1, 0.15) is 35.3 Å². The summed E-state index contributed by atoms with van der Waals surface area (Å²) in [5.41, 5.74) is 6.89. The smallest absolute Gasteiger partial charge is 0.333 e. The fourth-order valence-electron chi connectivity index (χ4n) is 4.94. The number of benzene rings is 2. The van der Waals surface area contributed by atoms with E-state index in [1.54, 1.807) is 30.1 Å². The molecule has 0 unspecified atom stereocenters. The maximum atomic E-state index is 15.4. The number of amides is 2. The fraction of sp³-hybridized carbons (Fsp3) is 0.250. The number of carbonyl (C=O) groups is 2. The van der Waals surface area contributed by atoms with Gasteiger partial charge in [-0.3, -0.25) is 19.3 Å². The van der Waals surface area contributed by atoms with E-state index in [0.29, 0.717) is 39.3 Å². The Morgan fingerprint density at radius 2 is 1.83 bits per heavy atom. The summed E-state index contributed by atoms with van der Waals surface area (Å²) in [6.07, 6.45) is 4.80. The summed E-state index contributed by atoms with van der Waals surface area (Å²) < 4.78 is 58.3. The second-order valence-corrected chi connectivity index (χ2v) is 10.2. The molecule has 1 fully saturated rings. The molecular weight excluding hydrogens is 556 g/mol. The van der Waals surface area contributed by atoms with E-state index in [1.165, 1.54) is 13.1 Å². The second kappa shape index (κ2) is 10.1. The first-order valence-electron chi connectivity index (χ1n) is 12.9. The maximum Gasteiger partial charge on any atom is 0.333 e. The lowest BCUT2D eigenvalue weighted by molar-refractivity contribution is -0.144. The minimum absolute atomic E-state index is 0.0425. The van der Waals surface area contributed by atoms with Gasteiger partial charge in [0.05, 0.1) is 35.4 Å². The average Bonchev–Trinajstić information content (AvgIpc) is 3.56. The van der Waals surface area contributed by atoms with Crippen LogP contribution in [0.4, 0.5) is 23.4 Å². The minimum atomic E-state index is -2.94. The van der Waals surface area contributed by atoms with Gasteiger partial charge in [-0.1, -0.05) is 0 Å². The number of anilines is 1. The highest BCUT2D eigenvalue weighted by atomic mass is 19.3. The maximum absolute atomic E-state index is 15.4. The van der Waals surface area contributed by atoms with Crippen LogP contribution in [0.2, 0.25) is 0 Å². The normalized spacial score (nSPS) is 13.3. The number of hydrazine groups is 1. The first-order chi connectivity index (χ1) is 20.0. The summed E-state index contributed by atoms with van der Waals surface area (Å²) in [6, 6.07) is 6.46. The average molecular weight is 581 g/mol. The molecule has 5 aromatic rings. The molecule has 2 amide bonds. The number of alkyl halides is 2. The molecule has 0 spiro atoms. The molecule has 1 aliphatic carbocycles. The molecule has 0 aliphatic heterocycles. The topological polar surface area (TPSA) is 115 Å². The first-order valence-corrected chi connectivity index (χ1v) is 12.9. The van der Waals surface area contributed by atoms with Gasteiger partial charge in [0.2, 0.25) is 5.91 Å². The monoisotopic (exact) mass is 580 g/mol. The Morgan fingerprint density at radius 3 is 2.52 bits per heavy atom. The zero-order chi connectivity index (χ0) is 29.9. The van der Waals surface area contributed by atoms with Crippen LogP contribution in [0.5, 0.6) is 0 Å². The predicted molar refractivity (Wildman–Crippen MR) is 145 cm³/mol. The molecule has 0 saturated heterocycles. The quantitative estimate of drug-likeness (QED) is 0.231. The standard InChI is InChI=1S/C28H24F4N8O2/c1-37-24-19-7-15(5-6-23(19)36-25(33)20(24)11-34-37)27(42)40(38(2)26(41)14-3-4-14)13-16-8-22(30)18(9-21(16)29)17-10-35-39(12-17)28(31)32/h5-12,14,28H,3-4,13H2,1-2H3,(H2,33,36). The van der Waals surface area contributed by atoms with Gasteiger partial charge in [0, 0.05) is 53.9 Å². The first kappa shape index (κ1) is 27.2. The molecule has 6 rings (SSSR count). The van der Waals surface area contributed by atoms with Crippen LogP contribution in [-0.2, 0) is 18.4 Å². The fourth-order valence-corrected chi connectivity index (χ4v) is 4.94. The molecule has 1 saturated carbocycles. The number of halogens is 4. The van der Waals surface area contributed by atoms with Crippen LogP contribution in [0.3, 0.4) is 0 Å². The van der Waals surface area contributed by atoms with Crippen LogP contribution in [-0.4, -0.2) is 53.4 Å². The van der Waals surface area contributed by atoms with Gasteiger partial charge in [0.15, 0.2) is 0 Å². The van der Waals surface area contributed by atoms with E-state index < -0.39 is 30.6 Å². The zero-order valence-electron chi connectivity index (χ0n) is 22.4. The summed E-state index contributed by atoms with van der Waals surface area (Å²) in [6.45, 7) is -3.42. The number of aryl methyl sites for hydroxylation is 1. The lowest BCUT2D eigenvalue weighted by Gasteiger charge is -2.32. The molecule has 14 heteroatoms. The van der Waals surface area contributed by atoms with Gasteiger partial charge >= 0.3 is 6.55 Å². The Morgan fingerprint density at radius 1 is 1.07 bits per heavy atom. The summed E-state index contributed by atoms with van der Waals surface area (Å²) >= 11 is 0. The Balaban J connectivity index is 1.38. The van der Waals surface area contributed by atoms with Crippen molar-refractivity contribution in [2.24, 2.45) is 13.0 Å². The van der Waals surface area contributed by atoms with Crippen LogP contribution in [0.25, 0.3) is 32.9 Å². The van der Waals surface area contributed by atoms with Gasteiger partial charge in [0.25, 0.3) is 5.91 Å². The molecule has 0 bridgehead atoms. The van der Waals surface area contributed by atoms with Crippen LogP contribution in [0, 0.1) is 17.6 Å². The number of carbonyl (C=O) groups excluding carboxylic acids is 2. The number of nitrogens with two attached hydrogens (primary N) is 1. The Labute approximate surface area is 235 Å². The van der Waals surface area contributed by atoms with E-state index in [1.807, 2.05) is 0 Å². The van der Waals surface area contributed by atoms with E-state index >= 15 is 8.78 Å². The van der Waals surface area contributed by atoms with Gasteiger partial charge < -0.3 is 5.73 Å². The lowest BCUT2D eigenvalue weighted by atomic mass is 10.0. The SMILES string of the molecule is CN(C(=O)C1CC1)N(Cc1cc(F)c(-c2cnn(C(F)F)c2)cc1F)C(=O)c1ccc2nc(N)c3cnn(C)c3c2c1. The molecule has 42 heavy (non-hydrogen) atoms. The number of hydrogen-bond acceptors (Lipinski definition) is 6. The molecule has 0 radical (unpaired) electrons. The van der Waals surface area contributed by atoms with Gasteiger partial charge in [-0.25, -0.2) is 23.5 Å². The van der Waals surface area contributed by atoms with E-state index in [0.717, 1.165) is 34.5 Å². The van der Waals surface area contributed by atoms with Gasteiger partial charge in [-0.2, -0.15) is 19.0 Å². The second-order valence-electron chi connectivity index (χ2n) is 10.2. The van der Waals surface area contributed by atoms with Gasteiger partial charge in [-0.05, 0) is 43.2 Å². The predicted octanol–water partition coefficient (Wildman–Crippen LogP) is 4.67. The van der Waals surface area contributed by atoms with Crippen molar-refractivity contribution in [1.29, 1.82) is 0 Å². The van der Waals surface area contributed by atoms with Crippen LogP contribution >= 0.6 is 0 Å². The van der Waals surface area contributed by atoms with Gasteiger partial charge in [-0.15, -0.1) is 0 Å². The van der Waals surface area contributed by atoms with E-state index in [2.05, 4.69) is 15.2 Å². The van der Waals surface area contributed by atoms with Crippen molar-refractivity contribution in [2.45, 2.75) is 25.9 Å². The van der Waals surface area contributed by atoms with Crippen LogP contribution in [0.15, 0.2) is 48.9 Å². The van der Waals surface area contributed by atoms with E-state index in [4.69, 9.17) is 5.73 Å². The third-order valence-corrected chi connectivity index (χ3v) is 7.37. The number of nitrogens with zero attached hydrogens (tertiary/aromatic N) is 7. The third-order valence-electron chi connectivity index (χ3n) is 7.37. The summed E-state index contributed by atoms with van der Waals surface area (Å²) in [4.78, 5) is 31.3. The van der Waals surface area contributed by atoms with Crippen LogP contribution < -0.4 is 5.73 Å². The molecular formula is C28H24F4N8O2. The molecule has 2 aromatic carbocycles. The molecule has 3 aromatic heterocycles. The Bertz CT molecular complexity index is 1880. The van der Waals surface area contributed by atoms with E-state index in [9.17, 15) is 18.4 Å². The van der Waals surface area contributed by atoms with Crippen molar-refractivity contribution in [3.8, 4) is 11.1 Å². The largest absolute Gasteiger partial charge is 0.383 e. The van der Waals surface area contributed by atoms with Gasteiger partial charge in [0.1, 0.15) is 17.5 Å². The highest BCUT2D eigenvalue weighted by Crippen LogP contribution is 2.33. The minimum Gasteiger partial charge on any atom is -0.383 e. The summed E-state index contributed by atoms with van der Waals surface area (Å²) in [7, 11) is 3.13. The van der Waals surface area contributed by atoms with Crippen molar-refractivity contribution < 1.29 is 27.2 Å². The summed E-state index contributed by atoms with van der Waals surface area (Å²) in [5, 5.41) is 11.1. The molecule has 3 heterocycles. The van der Waals surface area contributed by atoms with Crippen molar-refractivity contribution in [3.05, 3.63) is 71.7 Å². The Kier molecular flexibility index (Phi) is 6.55. The van der Waals surface area contributed by atoms with Crippen molar-refractivity contribution in [2.75, 3.05) is 12.8 Å². The lowest BCUT2D eigenvalue weighted by Crippen LogP contribution is -2.47. The number of hydrogen-bond donors (Lipinski definition) is 1. The van der Waals surface area contributed by atoms with Crippen molar-refractivity contribution in [3.63, 3.8) is 0 Å². The number of aromatic nitrogens is 5. The highest BCUT2D eigenvalue weighted by molar-refractivity contribution is 6.10. The molecule has 2 N–H and O–H groups in total. The number of fused-ring (bicyclic) bond motifs is 3. The number of pyridine rings is 1. The van der Waals surface area contributed by atoms with Crippen molar-refractivity contribution >= 4 is 39.4 Å². The number of rotatable bonds is 6.